The monoisotopic (exact) mass is 278 g/mol. The van der Waals surface area contributed by atoms with Crippen molar-refractivity contribution in [1.82, 2.24) is 9.97 Å². The molecule has 2 rings (SSSR count). The van der Waals surface area contributed by atoms with Crippen molar-refractivity contribution in [3.05, 3.63) is 15.0 Å². The maximum Gasteiger partial charge on any atom is 0.138 e. The van der Waals surface area contributed by atoms with Crippen molar-refractivity contribution < 1.29 is 0 Å². The summed E-state index contributed by atoms with van der Waals surface area (Å²) in [6.45, 7) is 2.23. The Labute approximate surface area is 82.0 Å². The van der Waals surface area contributed by atoms with E-state index in [4.69, 9.17) is 0 Å². The summed E-state index contributed by atoms with van der Waals surface area (Å²) in [7, 11) is 0. The molecule has 0 bridgehead atoms. The van der Waals surface area contributed by atoms with Crippen LogP contribution in [0.2, 0.25) is 0 Å². The zero-order valence-electron chi connectivity index (χ0n) is 6.12. The number of hydrogen-bond acceptors (Lipinski definition) is 1. The minimum Gasteiger partial charge on any atom is -0.335 e. The van der Waals surface area contributed by atoms with E-state index in [0.717, 1.165) is 15.0 Å². The van der Waals surface area contributed by atoms with Crippen LogP contribution in [0.25, 0.3) is 0 Å². The summed E-state index contributed by atoms with van der Waals surface area (Å²) in [5.74, 6) is 1.09. The smallest absolute Gasteiger partial charge is 0.138 e. The molecule has 1 aromatic rings. The molecule has 1 aliphatic rings. The van der Waals surface area contributed by atoms with E-state index >= 15 is 0 Å². The van der Waals surface area contributed by atoms with Crippen LogP contribution in [-0.2, 0) is 5.41 Å². The lowest BCUT2D eigenvalue weighted by atomic mass is 10.1. The lowest BCUT2D eigenvalue weighted by molar-refractivity contribution is 0.722. The number of hydrogen-bond donors (Lipinski definition) is 1. The molecule has 0 spiro atoms. The van der Waals surface area contributed by atoms with Crippen LogP contribution in [0, 0.1) is 0 Å². The van der Waals surface area contributed by atoms with E-state index in [-0.39, 0.29) is 0 Å². The predicted octanol–water partition coefficient (Wildman–Crippen LogP) is 2.99. The average molecular weight is 280 g/mol. The summed E-state index contributed by atoms with van der Waals surface area (Å²) in [4.78, 5) is 7.56. The van der Waals surface area contributed by atoms with E-state index < -0.39 is 0 Å². The van der Waals surface area contributed by atoms with Crippen molar-refractivity contribution in [2.75, 3.05) is 0 Å². The number of nitrogens with zero attached hydrogens (tertiary/aromatic N) is 1. The molecule has 0 aliphatic heterocycles. The molecule has 0 saturated heterocycles. The van der Waals surface area contributed by atoms with Crippen LogP contribution in [0.4, 0.5) is 0 Å². The first kappa shape index (κ1) is 7.80. The Morgan fingerprint density at radius 2 is 2.09 bits per heavy atom. The van der Waals surface area contributed by atoms with Crippen molar-refractivity contribution >= 4 is 31.9 Å². The van der Waals surface area contributed by atoms with Crippen LogP contribution in [0.3, 0.4) is 0 Å². The van der Waals surface area contributed by atoms with E-state index in [0.29, 0.717) is 5.41 Å². The molecule has 1 aromatic heterocycles. The molecule has 1 heterocycles. The number of aromatic amines is 1. The Hall–Kier alpha value is 0.170. The van der Waals surface area contributed by atoms with Crippen molar-refractivity contribution in [1.29, 1.82) is 0 Å². The largest absolute Gasteiger partial charge is 0.335 e. The Morgan fingerprint density at radius 3 is 2.45 bits per heavy atom. The van der Waals surface area contributed by atoms with Crippen molar-refractivity contribution in [2.45, 2.75) is 25.2 Å². The van der Waals surface area contributed by atoms with Crippen LogP contribution >= 0.6 is 31.9 Å². The second-order valence-electron chi connectivity index (χ2n) is 3.25. The fraction of sp³-hybridized carbons (Fsp3) is 0.571. The molecule has 1 fully saturated rings. The highest BCUT2D eigenvalue weighted by Crippen LogP contribution is 2.46. The molecule has 60 valence electrons. The van der Waals surface area contributed by atoms with Gasteiger partial charge < -0.3 is 4.98 Å². The van der Waals surface area contributed by atoms with Gasteiger partial charge in [-0.25, -0.2) is 4.98 Å². The number of nitrogens with one attached hydrogen (secondary N) is 1. The van der Waals surface area contributed by atoms with E-state index in [9.17, 15) is 0 Å². The zero-order valence-corrected chi connectivity index (χ0v) is 9.29. The van der Waals surface area contributed by atoms with Gasteiger partial charge in [0.1, 0.15) is 15.0 Å². The van der Waals surface area contributed by atoms with Crippen molar-refractivity contribution in [2.24, 2.45) is 0 Å². The van der Waals surface area contributed by atoms with Gasteiger partial charge in [0.25, 0.3) is 0 Å². The molecule has 1 aliphatic carbocycles. The van der Waals surface area contributed by atoms with Gasteiger partial charge in [0, 0.05) is 5.41 Å². The topological polar surface area (TPSA) is 28.7 Å². The van der Waals surface area contributed by atoms with Crippen LogP contribution in [-0.4, -0.2) is 9.97 Å². The minimum absolute atomic E-state index is 0.328. The Bertz CT molecular complexity index is 269. The lowest BCUT2D eigenvalue weighted by Gasteiger charge is -2.00. The number of rotatable bonds is 1. The number of H-pyrrole nitrogens is 1. The first-order valence-electron chi connectivity index (χ1n) is 3.53. The van der Waals surface area contributed by atoms with Gasteiger partial charge in [-0.15, -0.1) is 0 Å². The summed E-state index contributed by atoms with van der Waals surface area (Å²) in [5.41, 5.74) is 0.328. The van der Waals surface area contributed by atoms with Gasteiger partial charge in [0.2, 0.25) is 0 Å². The summed E-state index contributed by atoms with van der Waals surface area (Å²) in [6, 6.07) is 0. The second-order valence-corrected chi connectivity index (χ2v) is 4.79. The van der Waals surface area contributed by atoms with Gasteiger partial charge in [-0.3, -0.25) is 0 Å². The highest BCUT2D eigenvalue weighted by atomic mass is 79.9. The van der Waals surface area contributed by atoms with Crippen LogP contribution < -0.4 is 0 Å². The van der Waals surface area contributed by atoms with Crippen LogP contribution in [0.15, 0.2) is 9.21 Å². The lowest BCUT2D eigenvalue weighted by Crippen LogP contribution is -2.01. The van der Waals surface area contributed by atoms with Gasteiger partial charge in [-0.1, -0.05) is 6.92 Å². The quantitative estimate of drug-likeness (QED) is 0.841. The number of imidazole rings is 1. The van der Waals surface area contributed by atoms with E-state index in [1.54, 1.807) is 0 Å². The summed E-state index contributed by atoms with van der Waals surface area (Å²) < 4.78 is 1.82. The first-order valence-corrected chi connectivity index (χ1v) is 5.12. The molecule has 4 heteroatoms. The second kappa shape index (κ2) is 2.33. The van der Waals surface area contributed by atoms with Crippen molar-refractivity contribution in [3.63, 3.8) is 0 Å². The van der Waals surface area contributed by atoms with E-state index in [1.165, 1.54) is 12.8 Å². The third-order valence-corrected chi connectivity index (χ3v) is 3.87. The maximum absolute atomic E-state index is 4.36. The van der Waals surface area contributed by atoms with Gasteiger partial charge >= 0.3 is 0 Å². The van der Waals surface area contributed by atoms with E-state index in [2.05, 4.69) is 48.8 Å². The molecule has 0 aromatic carbocycles. The standard InChI is InChI=1S/C7H8Br2N2/c1-7(2-3-7)6-10-4(8)5(9)11-6/h2-3H2,1H3,(H,10,11). The molecule has 1 saturated carbocycles. The third kappa shape index (κ3) is 1.26. The molecular weight excluding hydrogens is 272 g/mol. The molecule has 0 radical (unpaired) electrons. The van der Waals surface area contributed by atoms with Crippen LogP contribution in [0.1, 0.15) is 25.6 Å². The zero-order chi connectivity index (χ0) is 8.06. The maximum atomic E-state index is 4.36. The normalized spacial score (nSPS) is 20.3. The Morgan fingerprint density at radius 1 is 1.45 bits per heavy atom. The van der Waals surface area contributed by atoms with E-state index in [1.807, 2.05) is 0 Å². The third-order valence-electron chi connectivity index (χ3n) is 2.19. The summed E-state index contributed by atoms with van der Waals surface area (Å²) in [6.07, 6.45) is 2.50. The average Bonchev–Trinajstić information content (AvgIpc) is 2.59. The summed E-state index contributed by atoms with van der Waals surface area (Å²) >= 11 is 6.72. The van der Waals surface area contributed by atoms with Gasteiger partial charge in [-0.05, 0) is 44.7 Å². The summed E-state index contributed by atoms with van der Waals surface area (Å²) in [5, 5.41) is 0. The number of halogens is 2. The molecule has 0 atom stereocenters. The van der Waals surface area contributed by atoms with Gasteiger partial charge in [0.05, 0.1) is 0 Å². The Balaban J connectivity index is 2.39. The highest BCUT2D eigenvalue weighted by molar-refractivity contribution is 9.13. The molecule has 11 heavy (non-hydrogen) atoms. The van der Waals surface area contributed by atoms with Gasteiger partial charge in [0.15, 0.2) is 0 Å². The SMILES string of the molecule is CC1(c2nc(Br)c(Br)[nH]2)CC1. The fourth-order valence-corrected chi connectivity index (χ4v) is 1.59. The predicted molar refractivity (Wildman–Crippen MR) is 50.6 cm³/mol. The van der Waals surface area contributed by atoms with Crippen LogP contribution in [0.5, 0.6) is 0 Å². The Kier molecular flexibility index (Phi) is 1.65. The minimum atomic E-state index is 0.328. The molecule has 2 nitrogen and oxygen atoms in total. The molecule has 1 N–H and O–H groups in total. The molecule has 0 unspecified atom stereocenters. The fourth-order valence-electron chi connectivity index (χ4n) is 1.04. The molecule has 0 amide bonds. The van der Waals surface area contributed by atoms with Gasteiger partial charge in [-0.2, -0.15) is 0 Å². The first-order chi connectivity index (χ1) is 5.12. The number of aromatic nitrogens is 2. The molecular formula is C7H8Br2N2. The van der Waals surface area contributed by atoms with Crippen molar-refractivity contribution in [3.8, 4) is 0 Å². The highest BCUT2D eigenvalue weighted by Gasteiger charge is 2.42.